The number of rotatable bonds is 7. The maximum absolute atomic E-state index is 10.1. The molecule has 0 spiro atoms. The van der Waals surface area contributed by atoms with Crippen molar-refractivity contribution in [1.29, 1.82) is 0 Å². The van der Waals surface area contributed by atoms with Gasteiger partial charge >= 0.3 is 11.9 Å². The minimum absolute atomic E-state index is 0.0213. The average Bonchev–Trinajstić information content (AvgIpc) is 2.25. The molecule has 2 amide bonds. The zero-order valence-electron chi connectivity index (χ0n) is 10.1. The van der Waals surface area contributed by atoms with Crippen LogP contribution < -0.4 is 22.9 Å². The van der Waals surface area contributed by atoms with E-state index in [4.69, 9.17) is 27.4 Å². The molecule has 110 valence electrons. The van der Waals surface area contributed by atoms with Gasteiger partial charge in [0.15, 0.2) is 0 Å². The first-order valence-corrected chi connectivity index (χ1v) is 5.11. The molecular weight excluding hydrogens is 260 g/mol. The minimum atomic E-state index is -1.21. The summed E-state index contributed by atoms with van der Waals surface area (Å²) in [6, 6.07) is -2.14. The van der Waals surface area contributed by atoms with Crippen LogP contribution in [0.4, 0.5) is 0 Å². The molecule has 10 N–H and O–H groups in total. The quantitative estimate of drug-likeness (QED) is 0.280. The number of carbonyl (C=O) groups is 4. The van der Waals surface area contributed by atoms with Gasteiger partial charge in [-0.2, -0.15) is 0 Å². The molecule has 0 aromatic rings. The first-order chi connectivity index (χ1) is 8.57. The molecular formula is C9H18N4O6. The predicted molar refractivity (Wildman–Crippen MR) is 63.5 cm³/mol. The molecule has 0 aliphatic heterocycles. The first-order valence-electron chi connectivity index (χ1n) is 5.11. The number of hydrogen-bond donors (Lipinski definition) is 6. The Hall–Kier alpha value is -2.20. The lowest BCUT2D eigenvalue weighted by molar-refractivity contribution is -0.140. The van der Waals surface area contributed by atoms with E-state index in [9.17, 15) is 19.2 Å². The monoisotopic (exact) mass is 278 g/mol. The minimum Gasteiger partial charge on any atom is -0.480 e. The van der Waals surface area contributed by atoms with Crippen LogP contribution >= 0.6 is 0 Å². The number of aliphatic carboxylic acids is 2. The fourth-order valence-electron chi connectivity index (χ4n) is 0.725. The molecule has 0 aromatic heterocycles. The molecule has 0 saturated heterocycles. The summed E-state index contributed by atoms with van der Waals surface area (Å²) in [7, 11) is 0. The highest BCUT2D eigenvalue weighted by Crippen LogP contribution is 1.92. The summed E-state index contributed by atoms with van der Waals surface area (Å²) in [5.41, 5.74) is 19.4. The van der Waals surface area contributed by atoms with Gasteiger partial charge in [-0.15, -0.1) is 0 Å². The van der Waals surface area contributed by atoms with E-state index < -0.39 is 35.8 Å². The lowest BCUT2D eigenvalue weighted by atomic mass is 10.2. The average molecular weight is 278 g/mol. The van der Waals surface area contributed by atoms with Crippen LogP contribution in [0, 0.1) is 0 Å². The van der Waals surface area contributed by atoms with Gasteiger partial charge in [-0.1, -0.05) is 0 Å². The van der Waals surface area contributed by atoms with Crippen LogP contribution in [-0.2, 0) is 19.2 Å². The smallest absolute Gasteiger partial charge is 0.321 e. The standard InChI is InChI=1S/C5H10N2O3.C4H8N2O3/c6-3(5(9)10)1-2-4(7)8;5-2(4(8)9)1-3(6)7/h3H,1-2,6H2,(H2,7,8)(H,9,10);2H,1,5H2,(H2,6,7)(H,8,9). The van der Waals surface area contributed by atoms with E-state index in [1.165, 1.54) is 0 Å². The van der Waals surface area contributed by atoms with Gasteiger partial charge in [0.2, 0.25) is 11.8 Å². The molecule has 0 saturated carbocycles. The zero-order valence-corrected chi connectivity index (χ0v) is 10.1. The number of nitrogens with two attached hydrogens (primary N) is 4. The zero-order chi connectivity index (χ0) is 15.6. The van der Waals surface area contributed by atoms with E-state index >= 15 is 0 Å². The lowest BCUT2D eigenvalue weighted by Crippen LogP contribution is -2.34. The van der Waals surface area contributed by atoms with Gasteiger partial charge in [0, 0.05) is 6.42 Å². The van der Waals surface area contributed by atoms with Gasteiger partial charge in [-0.25, -0.2) is 0 Å². The normalized spacial score (nSPS) is 12.5. The van der Waals surface area contributed by atoms with Crippen LogP contribution in [0.1, 0.15) is 19.3 Å². The summed E-state index contributed by atoms with van der Waals surface area (Å²) < 4.78 is 0. The largest absolute Gasteiger partial charge is 0.480 e. The van der Waals surface area contributed by atoms with Crippen molar-refractivity contribution in [3.05, 3.63) is 0 Å². The van der Waals surface area contributed by atoms with Crippen molar-refractivity contribution in [2.24, 2.45) is 22.9 Å². The van der Waals surface area contributed by atoms with E-state index in [-0.39, 0.29) is 19.3 Å². The van der Waals surface area contributed by atoms with Crippen molar-refractivity contribution in [3.63, 3.8) is 0 Å². The second-order valence-corrected chi connectivity index (χ2v) is 3.56. The molecule has 0 bridgehead atoms. The Morgan fingerprint density at radius 2 is 1.26 bits per heavy atom. The summed E-state index contributed by atoms with van der Waals surface area (Å²) in [4.78, 5) is 40.0. The maximum atomic E-state index is 10.1. The lowest BCUT2D eigenvalue weighted by Gasteiger charge is -2.01. The van der Waals surface area contributed by atoms with Gasteiger partial charge in [0.1, 0.15) is 12.1 Å². The molecule has 0 rings (SSSR count). The van der Waals surface area contributed by atoms with Crippen molar-refractivity contribution in [2.45, 2.75) is 31.3 Å². The molecule has 0 heterocycles. The van der Waals surface area contributed by atoms with Gasteiger partial charge in [0.25, 0.3) is 0 Å². The summed E-state index contributed by atoms with van der Waals surface area (Å²) in [5.74, 6) is -3.56. The van der Waals surface area contributed by atoms with Crippen molar-refractivity contribution in [2.75, 3.05) is 0 Å². The fourth-order valence-corrected chi connectivity index (χ4v) is 0.725. The van der Waals surface area contributed by atoms with Crippen molar-refractivity contribution in [1.82, 2.24) is 0 Å². The Morgan fingerprint density at radius 3 is 1.47 bits per heavy atom. The first kappa shape index (κ1) is 19.1. The number of hydrogen-bond acceptors (Lipinski definition) is 6. The van der Waals surface area contributed by atoms with E-state index in [2.05, 4.69) is 5.73 Å². The number of carboxylic acid groups (broad SMARTS) is 2. The van der Waals surface area contributed by atoms with Crippen molar-refractivity contribution >= 4 is 23.8 Å². The fraction of sp³-hybridized carbons (Fsp3) is 0.556. The second-order valence-electron chi connectivity index (χ2n) is 3.56. The van der Waals surface area contributed by atoms with Crippen LogP contribution in [-0.4, -0.2) is 46.0 Å². The van der Waals surface area contributed by atoms with E-state index in [1.807, 2.05) is 0 Å². The molecule has 0 fully saturated rings. The number of carboxylic acids is 2. The van der Waals surface area contributed by atoms with Crippen LogP contribution in [0.3, 0.4) is 0 Å². The summed E-state index contributed by atoms with van der Waals surface area (Å²) in [5, 5.41) is 16.3. The number of amides is 2. The summed E-state index contributed by atoms with van der Waals surface area (Å²) in [6.07, 6.45) is -0.187. The molecule has 0 aliphatic rings. The SMILES string of the molecule is NC(=O)CC(N)C(=O)O.NC(=O)CCC(N)C(=O)O. The Morgan fingerprint density at radius 1 is 0.842 bits per heavy atom. The highest BCUT2D eigenvalue weighted by atomic mass is 16.4. The molecule has 10 nitrogen and oxygen atoms in total. The number of carbonyl (C=O) groups excluding carboxylic acids is 2. The third kappa shape index (κ3) is 13.7. The molecule has 0 aliphatic carbocycles. The van der Waals surface area contributed by atoms with Crippen LogP contribution in [0.25, 0.3) is 0 Å². The Kier molecular flexibility index (Phi) is 9.87. The Labute approximate surface area is 108 Å². The maximum Gasteiger partial charge on any atom is 0.321 e. The Bertz CT molecular complexity index is 346. The van der Waals surface area contributed by atoms with Gasteiger partial charge in [-0.05, 0) is 6.42 Å². The molecule has 19 heavy (non-hydrogen) atoms. The van der Waals surface area contributed by atoms with E-state index in [0.717, 1.165) is 0 Å². The van der Waals surface area contributed by atoms with Crippen LogP contribution in [0.15, 0.2) is 0 Å². The van der Waals surface area contributed by atoms with Crippen LogP contribution in [0.5, 0.6) is 0 Å². The van der Waals surface area contributed by atoms with E-state index in [0.29, 0.717) is 0 Å². The summed E-state index contributed by atoms with van der Waals surface area (Å²) >= 11 is 0. The van der Waals surface area contributed by atoms with Gasteiger partial charge in [0.05, 0.1) is 6.42 Å². The highest BCUT2D eigenvalue weighted by Gasteiger charge is 2.13. The molecule has 2 unspecified atom stereocenters. The van der Waals surface area contributed by atoms with Crippen LogP contribution in [0.2, 0.25) is 0 Å². The van der Waals surface area contributed by atoms with Crippen molar-refractivity contribution < 1.29 is 29.4 Å². The highest BCUT2D eigenvalue weighted by molar-refractivity contribution is 5.83. The summed E-state index contributed by atoms with van der Waals surface area (Å²) in [6.45, 7) is 0. The predicted octanol–water partition coefficient (Wildman–Crippen LogP) is -3.06. The topological polar surface area (TPSA) is 213 Å². The molecule has 10 heteroatoms. The molecule has 2 atom stereocenters. The molecule has 0 radical (unpaired) electrons. The second kappa shape index (κ2) is 9.79. The third-order valence-corrected chi connectivity index (χ3v) is 1.76. The Balaban J connectivity index is 0. The number of primary amides is 2. The van der Waals surface area contributed by atoms with Gasteiger partial charge in [-0.3, -0.25) is 19.2 Å². The third-order valence-electron chi connectivity index (χ3n) is 1.76. The molecule has 0 aromatic carbocycles. The van der Waals surface area contributed by atoms with Gasteiger partial charge < -0.3 is 33.1 Å². The van der Waals surface area contributed by atoms with E-state index in [1.54, 1.807) is 0 Å². The van der Waals surface area contributed by atoms with Crippen molar-refractivity contribution in [3.8, 4) is 0 Å².